The second kappa shape index (κ2) is 10.6. The molecule has 0 aromatic carbocycles. The monoisotopic (exact) mass is 351 g/mol. The third-order valence-electron chi connectivity index (χ3n) is 3.46. The zero-order valence-electron chi connectivity index (χ0n) is 14.9. The molecule has 0 aliphatic rings. The van der Waals surface area contributed by atoms with E-state index in [2.05, 4.69) is 26.3 Å². The van der Waals surface area contributed by atoms with Crippen LogP contribution in [0.15, 0.2) is 52.9 Å². The van der Waals surface area contributed by atoms with Gasteiger partial charge in [-0.25, -0.2) is 0 Å². The highest BCUT2D eigenvalue weighted by Gasteiger charge is 2.05. The van der Waals surface area contributed by atoms with Gasteiger partial charge in [0.2, 0.25) is 0 Å². The van der Waals surface area contributed by atoms with E-state index in [-0.39, 0.29) is 6.42 Å². The van der Waals surface area contributed by atoms with Crippen LogP contribution in [-0.4, -0.2) is 35.1 Å². The van der Waals surface area contributed by atoms with Gasteiger partial charge in [-0.2, -0.15) is 5.26 Å². The molecule has 0 aliphatic carbocycles. The highest BCUT2D eigenvalue weighted by atomic mass is 16.6. The average molecular weight is 351 g/mol. The van der Waals surface area contributed by atoms with E-state index in [0.29, 0.717) is 18.0 Å². The van der Waals surface area contributed by atoms with E-state index in [9.17, 15) is 0 Å². The van der Waals surface area contributed by atoms with Gasteiger partial charge in [0.25, 0.3) is 0 Å². The molecule has 26 heavy (non-hydrogen) atoms. The van der Waals surface area contributed by atoms with Gasteiger partial charge in [-0.15, -0.1) is 0 Å². The molecule has 0 N–H and O–H groups in total. The maximum absolute atomic E-state index is 8.92. The first-order chi connectivity index (χ1) is 12.7. The number of nitriles is 1. The third-order valence-corrected chi connectivity index (χ3v) is 3.46. The van der Waals surface area contributed by atoms with Crippen molar-refractivity contribution in [3.05, 3.63) is 59.7 Å². The first kappa shape index (κ1) is 19.1. The molecule has 0 saturated carbocycles. The molecule has 2 heterocycles. The molecule has 0 bridgehead atoms. The maximum Gasteiger partial charge on any atom is 0.119 e. The van der Waals surface area contributed by atoms with Crippen molar-refractivity contribution in [1.82, 2.24) is 9.97 Å². The summed E-state index contributed by atoms with van der Waals surface area (Å²) in [6.07, 6.45) is 3.32. The van der Waals surface area contributed by atoms with E-state index < -0.39 is 0 Å². The predicted molar refractivity (Wildman–Crippen MR) is 98.7 cm³/mol. The zero-order valence-corrected chi connectivity index (χ0v) is 14.9. The van der Waals surface area contributed by atoms with Gasteiger partial charge in [-0.1, -0.05) is 22.4 Å². The number of hydrogen-bond acceptors (Lipinski definition) is 7. The second-order valence-corrected chi connectivity index (χ2v) is 5.40. The molecule has 7 nitrogen and oxygen atoms in total. The second-order valence-electron chi connectivity index (χ2n) is 5.40. The summed E-state index contributed by atoms with van der Waals surface area (Å²) in [7, 11) is 1.51. The fourth-order valence-electron chi connectivity index (χ4n) is 2.22. The van der Waals surface area contributed by atoms with E-state index in [4.69, 9.17) is 14.9 Å². The number of oxime groups is 2. The quantitative estimate of drug-likeness (QED) is 0.393. The zero-order chi connectivity index (χ0) is 18.6. The van der Waals surface area contributed by atoms with Crippen LogP contribution in [0.3, 0.4) is 0 Å². The van der Waals surface area contributed by atoms with Crippen molar-refractivity contribution in [3.8, 4) is 6.07 Å². The summed E-state index contributed by atoms with van der Waals surface area (Å²) in [5, 5.41) is 16.9. The van der Waals surface area contributed by atoms with Crippen molar-refractivity contribution in [2.45, 2.75) is 26.2 Å². The molecule has 2 aromatic heterocycles. The Morgan fingerprint density at radius 3 is 2.73 bits per heavy atom. The molecule has 2 aromatic rings. The molecule has 0 amide bonds. The molecule has 2 rings (SSSR count). The third kappa shape index (κ3) is 5.98. The molecular formula is C19H21N5O2. The van der Waals surface area contributed by atoms with Crippen molar-refractivity contribution in [2.75, 3.05) is 13.7 Å². The predicted octanol–water partition coefficient (Wildman–Crippen LogP) is 3.11. The Labute approximate surface area is 153 Å². The van der Waals surface area contributed by atoms with Gasteiger partial charge >= 0.3 is 0 Å². The Morgan fingerprint density at radius 1 is 1.15 bits per heavy atom. The average Bonchev–Trinajstić information content (AvgIpc) is 2.68. The number of pyridine rings is 2. The molecule has 0 radical (unpaired) electrons. The summed E-state index contributed by atoms with van der Waals surface area (Å²) in [6, 6.07) is 13.3. The van der Waals surface area contributed by atoms with Gasteiger partial charge < -0.3 is 9.68 Å². The van der Waals surface area contributed by atoms with Crippen LogP contribution in [0, 0.1) is 11.3 Å². The van der Waals surface area contributed by atoms with Crippen LogP contribution in [0.4, 0.5) is 0 Å². The first-order valence-electron chi connectivity index (χ1n) is 8.26. The van der Waals surface area contributed by atoms with Gasteiger partial charge in [0.1, 0.15) is 25.1 Å². The van der Waals surface area contributed by atoms with Crippen LogP contribution < -0.4 is 0 Å². The highest BCUT2D eigenvalue weighted by Crippen LogP contribution is 2.06. The number of rotatable bonds is 9. The molecule has 0 atom stereocenters. The summed E-state index contributed by atoms with van der Waals surface area (Å²) in [5.74, 6) is 0. The summed E-state index contributed by atoms with van der Waals surface area (Å²) in [6.45, 7) is 2.28. The number of aromatic nitrogens is 2. The molecule has 134 valence electrons. The molecule has 0 aliphatic heterocycles. The minimum atomic E-state index is 0.152. The molecule has 0 fully saturated rings. The van der Waals surface area contributed by atoms with E-state index in [1.807, 2.05) is 37.3 Å². The van der Waals surface area contributed by atoms with Crippen molar-refractivity contribution in [3.63, 3.8) is 0 Å². The topological polar surface area (TPSA) is 92.8 Å². The largest absolute Gasteiger partial charge is 0.399 e. The van der Waals surface area contributed by atoms with Crippen molar-refractivity contribution in [2.24, 2.45) is 10.3 Å². The summed E-state index contributed by atoms with van der Waals surface area (Å²) >= 11 is 0. The molecule has 0 spiro atoms. The van der Waals surface area contributed by atoms with Crippen LogP contribution in [0.1, 0.15) is 36.8 Å². The van der Waals surface area contributed by atoms with E-state index >= 15 is 0 Å². The van der Waals surface area contributed by atoms with Crippen LogP contribution in [0.25, 0.3) is 0 Å². The van der Waals surface area contributed by atoms with E-state index in [1.54, 1.807) is 12.3 Å². The lowest BCUT2D eigenvalue weighted by atomic mass is 10.2. The van der Waals surface area contributed by atoms with Gasteiger partial charge in [0, 0.05) is 11.9 Å². The first-order valence-corrected chi connectivity index (χ1v) is 8.26. The van der Waals surface area contributed by atoms with Crippen molar-refractivity contribution < 1.29 is 9.68 Å². The van der Waals surface area contributed by atoms with E-state index in [1.165, 1.54) is 7.11 Å². The van der Waals surface area contributed by atoms with Crippen molar-refractivity contribution >= 4 is 11.4 Å². The Hall–Kier alpha value is -3.27. The van der Waals surface area contributed by atoms with Crippen LogP contribution in [-0.2, 0) is 16.1 Å². The number of aryl methyl sites for hydroxylation is 1. The maximum atomic E-state index is 8.92. The fraction of sp³-hybridized carbons (Fsp3) is 0.316. The minimum absolute atomic E-state index is 0.152. The van der Waals surface area contributed by atoms with Crippen LogP contribution >= 0.6 is 0 Å². The Bertz CT molecular complexity index is 797. The molecule has 0 unspecified atom stereocenters. The van der Waals surface area contributed by atoms with Crippen molar-refractivity contribution in [1.29, 1.82) is 5.26 Å². The lowest BCUT2D eigenvalue weighted by Gasteiger charge is -2.05. The van der Waals surface area contributed by atoms with Gasteiger partial charge in [0.15, 0.2) is 0 Å². The Morgan fingerprint density at radius 2 is 2.00 bits per heavy atom. The Balaban J connectivity index is 1.87. The molecule has 7 heteroatoms. The minimum Gasteiger partial charge on any atom is -0.399 e. The summed E-state index contributed by atoms with van der Waals surface area (Å²) < 4.78 is 0. The van der Waals surface area contributed by atoms with Crippen LogP contribution in [0.5, 0.6) is 0 Å². The van der Waals surface area contributed by atoms with Gasteiger partial charge in [0.05, 0.1) is 23.9 Å². The fourth-order valence-corrected chi connectivity index (χ4v) is 2.22. The summed E-state index contributed by atoms with van der Waals surface area (Å²) in [5.41, 5.74) is 3.64. The summed E-state index contributed by atoms with van der Waals surface area (Å²) in [4.78, 5) is 18.9. The normalized spacial score (nSPS) is 11.7. The smallest absolute Gasteiger partial charge is 0.119 e. The van der Waals surface area contributed by atoms with Crippen LogP contribution in [0.2, 0.25) is 0 Å². The molecular weight excluding hydrogens is 330 g/mol. The van der Waals surface area contributed by atoms with Gasteiger partial charge in [-0.05, 0) is 44.0 Å². The molecule has 0 saturated heterocycles. The SMILES string of the molecule is CON=C(C)c1cccc(CCCON=C(CC#N)c2ccccn2)n1. The van der Waals surface area contributed by atoms with E-state index in [0.717, 1.165) is 29.9 Å². The van der Waals surface area contributed by atoms with Gasteiger partial charge in [-0.3, -0.25) is 9.97 Å². The standard InChI is InChI=1S/C19H21N5O2/c1-15(23-25-2)17-10-5-7-16(22-17)8-6-14-26-24-19(11-12-20)18-9-3-4-13-21-18/h3-5,7,9-10,13H,6,8,11,14H2,1-2H3. The Kier molecular flexibility index (Phi) is 7.74. The lowest BCUT2D eigenvalue weighted by molar-refractivity contribution is 0.141. The highest BCUT2D eigenvalue weighted by molar-refractivity contribution is 5.99. The lowest BCUT2D eigenvalue weighted by Crippen LogP contribution is -2.05. The number of nitrogens with zero attached hydrogens (tertiary/aromatic N) is 5. The number of hydrogen-bond donors (Lipinski definition) is 0.